The molecule has 3 aromatic rings. The number of nitrogens with zero attached hydrogens (tertiary/aromatic N) is 3. The Labute approximate surface area is 162 Å². The Morgan fingerprint density at radius 1 is 1.30 bits per heavy atom. The number of amides is 1. The highest BCUT2D eigenvalue weighted by atomic mass is 32.1. The van der Waals surface area contributed by atoms with Gasteiger partial charge in [0.1, 0.15) is 0 Å². The van der Waals surface area contributed by atoms with Gasteiger partial charge in [-0.3, -0.25) is 14.6 Å². The highest BCUT2D eigenvalue weighted by Gasteiger charge is 2.23. The maximum Gasteiger partial charge on any atom is 0.295 e. The second-order valence-corrected chi connectivity index (χ2v) is 7.72. The molecule has 0 N–H and O–H groups in total. The van der Waals surface area contributed by atoms with E-state index in [1.165, 1.54) is 11.8 Å². The largest absolute Gasteiger partial charge is 0.459 e. The molecular formula is C20H23N3O3S. The first kappa shape index (κ1) is 18.2. The molecule has 0 radical (unpaired) electrons. The number of thiazole rings is 1. The number of hydrogen-bond donors (Lipinski definition) is 0. The number of morpholine rings is 1. The Bertz CT molecular complexity index is 900. The molecular weight excluding hydrogens is 362 g/mol. The number of furan rings is 1. The number of aryl methyl sites for hydroxylation is 1. The molecule has 1 amide bonds. The lowest BCUT2D eigenvalue weighted by Gasteiger charge is -2.27. The number of benzene rings is 1. The van der Waals surface area contributed by atoms with Gasteiger partial charge in [-0.2, -0.15) is 0 Å². The van der Waals surface area contributed by atoms with Crippen LogP contribution in [-0.4, -0.2) is 55.2 Å². The van der Waals surface area contributed by atoms with Crippen LogP contribution in [0.5, 0.6) is 0 Å². The summed E-state index contributed by atoms with van der Waals surface area (Å²) in [5.74, 6) is 0.203. The first-order valence-corrected chi connectivity index (χ1v) is 10.0. The third kappa shape index (κ3) is 4.21. The van der Waals surface area contributed by atoms with Crippen LogP contribution in [0.25, 0.3) is 10.2 Å². The molecule has 1 saturated heterocycles. The minimum atomic E-state index is -0.141. The van der Waals surface area contributed by atoms with E-state index < -0.39 is 0 Å². The summed E-state index contributed by atoms with van der Waals surface area (Å²) in [4.78, 5) is 21.8. The predicted molar refractivity (Wildman–Crippen MR) is 107 cm³/mol. The summed E-state index contributed by atoms with van der Waals surface area (Å²) in [6.45, 7) is 7.08. The van der Waals surface area contributed by atoms with Crippen LogP contribution >= 0.6 is 11.3 Å². The Kier molecular flexibility index (Phi) is 5.52. The number of carbonyl (C=O) groups is 1. The quantitative estimate of drug-likeness (QED) is 0.649. The van der Waals surface area contributed by atoms with E-state index in [-0.39, 0.29) is 5.91 Å². The van der Waals surface area contributed by atoms with Crippen molar-refractivity contribution >= 4 is 32.6 Å². The van der Waals surface area contributed by atoms with Gasteiger partial charge in [0.15, 0.2) is 10.9 Å². The normalized spacial score (nSPS) is 15.3. The number of carbonyl (C=O) groups excluding carboxylic acids is 1. The smallest absolute Gasteiger partial charge is 0.295 e. The molecule has 1 fully saturated rings. The van der Waals surface area contributed by atoms with Gasteiger partial charge in [0.05, 0.1) is 29.7 Å². The second-order valence-electron chi connectivity index (χ2n) is 6.71. The fourth-order valence-corrected chi connectivity index (χ4v) is 4.32. The molecule has 1 aliphatic rings. The molecule has 0 spiro atoms. The maximum atomic E-state index is 13.0. The zero-order valence-corrected chi connectivity index (χ0v) is 16.2. The molecule has 0 saturated carbocycles. The zero-order valence-electron chi connectivity index (χ0n) is 15.4. The van der Waals surface area contributed by atoms with Crippen molar-refractivity contribution in [2.45, 2.75) is 13.3 Å². The Morgan fingerprint density at radius 3 is 2.93 bits per heavy atom. The fourth-order valence-electron chi connectivity index (χ4n) is 3.23. The highest BCUT2D eigenvalue weighted by molar-refractivity contribution is 7.22. The third-order valence-corrected chi connectivity index (χ3v) is 5.74. The van der Waals surface area contributed by atoms with E-state index in [4.69, 9.17) is 14.1 Å². The standard InChI is InChI=1S/C20H23N3O3S/c1-15-5-6-16-18(14-15)27-20(21-16)23(19(24)17-4-2-11-26-17)8-3-7-22-9-12-25-13-10-22/h2,4-6,11,14H,3,7-10,12-13H2,1H3. The van der Waals surface area contributed by atoms with Crippen LogP contribution in [0.2, 0.25) is 0 Å². The minimum absolute atomic E-state index is 0.141. The summed E-state index contributed by atoms with van der Waals surface area (Å²) in [6.07, 6.45) is 2.41. The van der Waals surface area contributed by atoms with E-state index in [1.807, 2.05) is 12.1 Å². The average Bonchev–Trinajstić information content (AvgIpc) is 3.35. The zero-order chi connectivity index (χ0) is 18.6. The van der Waals surface area contributed by atoms with E-state index in [2.05, 4.69) is 17.9 Å². The number of ether oxygens (including phenoxy) is 1. The van der Waals surface area contributed by atoms with Crippen molar-refractivity contribution in [1.82, 2.24) is 9.88 Å². The minimum Gasteiger partial charge on any atom is -0.459 e. The predicted octanol–water partition coefficient (Wildman–Crippen LogP) is 3.57. The number of anilines is 1. The van der Waals surface area contributed by atoms with Gasteiger partial charge in [0.25, 0.3) is 5.91 Å². The molecule has 0 bridgehead atoms. The lowest BCUT2D eigenvalue weighted by atomic mass is 10.2. The van der Waals surface area contributed by atoms with Gasteiger partial charge >= 0.3 is 0 Å². The number of fused-ring (bicyclic) bond motifs is 1. The Hall–Kier alpha value is -2.22. The van der Waals surface area contributed by atoms with Crippen LogP contribution in [0.4, 0.5) is 5.13 Å². The van der Waals surface area contributed by atoms with Gasteiger partial charge in [0.2, 0.25) is 0 Å². The van der Waals surface area contributed by atoms with Gasteiger partial charge in [-0.25, -0.2) is 4.98 Å². The van der Waals surface area contributed by atoms with E-state index in [0.717, 1.165) is 54.6 Å². The number of aromatic nitrogens is 1. The van der Waals surface area contributed by atoms with Crippen LogP contribution in [0.1, 0.15) is 22.5 Å². The molecule has 1 aromatic carbocycles. The molecule has 27 heavy (non-hydrogen) atoms. The molecule has 142 valence electrons. The van der Waals surface area contributed by atoms with Crippen LogP contribution in [0.3, 0.4) is 0 Å². The van der Waals surface area contributed by atoms with Crippen molar-refractivity contribution < 1.29 is 13.9 Å². The number of hydrogen-bond acceptors (Lipinski definition) is 6. The molecule has 0 aliphatic carbocycles. The molecule has 7 heteroatoms. The monoisotopic (exact) mass is 385 g/mol. The molecule has 0 atom stereocenters. The second kappa shape index (κ2) is 8.21. The molecule has 6 nitrogen and oxygen atoms in total. The van der Waals surface area contributed by atoms with E-state index in [9.17, 15) is 4.79 Å². The van der Waals surface area contributed by atoms with Crippen LogP contribution in [-0.2, 0) is 4.74 Å². The van der Waals surface area contributed by atoms with E-state index >= 15 is 0 Å². The summed E-state index contributed by atoms with van der Waals surface area (Å²) in [6, 6.07) is 9.60. The lowest BCUT2D eigenvalue weighted by Crippen LogP contribution is -2.39. The molecule has 4 rings (SSSR count). The first-order chi connectivity index (χ1) is 13.2. The summed E-state index contributed by atoms with van der Waals surface area (Å²) < 4.78 is 11.8. The average molecular weight is 385 g/mol. The maximum absolute atomic E-state index is 13.0. The fraction of sp³-hybridized carbons (Fsp3) is 0.400. The van der Waals surface area contributed by atoms with Crippen molar-refractivity contribution in [3.8, 4) is 0 Å². The first-order valence-electron chi connectivity index (χ1n) is 9.23. The van der Waals surface area contributed by atoms with Crippen LogP contribution in [0, 0.1) is 6.92 Å². The Morgan fingerprint density at radius 2 is 2.15 bits per heavy atom. The topological polar surface area (TPSA) is 58.8 Å². The highest BCUT2D eigenvalue weighted by Crippen LogP contribution is 2.30. The molecule has 0 unspecified atom stereocenters. The van der Waals surface area contributed by atoms with Gasteiger partial charge in [-0.15, -0.1) is 0 Å². The van der Waals surface area contributed by atoms with Gasteiger partial charge in [-0.05, 0) is 43.2 Å². The molecule has 1 aliphatic heterocycles. The summed E-state index contributed by atoms with van der Waals surface area (Å²) in [5, 5.41) is 0.721. The van der Waals surface area contributed by atoms with Crippen molar-refractivity contribution in [1.29, 1.82) is 0 Å². The van der Waals surface area contributed by atoms with Crippen LogP contribution < -0.4 is 4.90 Å². The molecule has 3 heterocycles. The van der Waals surface area contributed by atoms with Crippen LogP contribution in [0.15, 0.2) is 41.0 Å². The lowest BCUT2D eigenvalue weighted by molar-refractivity contribution is 0.0376. The van der Waals surface area contributed by atoms with Crippen molar-refractivity contribution in [2.75, 3.05) is 44.3 Å². The van der Waals surface area contributed by atoms with E-state index in [1.54, 1.807) is 28.4 Å². The Balaban J connectivity index is 1.53. The summed E-state index contributed by atoms with van der Waals surface area (Å²) in [5.41, 5.74) is 2.11. The van der Waals surface area contributed by atoms with Crippen molar-refractivity contribution in [2.24, 2.45) is 0 Å². The van der Waals surface area contributed by atoms with Gasteiger partial charge < -0.3 is 9.15 Å². The van der Waals surface area contributed by atoms with Gasteiger partial charge in [0, 0.05) is 26.2 Å². The van der Waals surface area contributed by atoms with Crippen molar-refractivity contribution in [3.63, 3.8) is 0 Å². The summed E-state index contributed by atoms with van der Waals surface area (Å²) >= 11 is 1.55. The summed E-state index contributed by atoms with van der Waals surface area (Å²) in [7, 11) is 0. The number of rotatable bonds is 6. The van der Waals surface area contributed by atoms with Crippen molar-refractivity contribution in [3.05, 3.63) is 47.9 Å². The third-order valence-electron chi connectivity index (χ3n) is 4.70. The van der Waals surface area contributed by atoms with E-state index in [0.29, 0.717) is 12.3 Å². The molecule has 2 aromatic heterocycles. The van der Waals surface area contributed by atoms with Gasteiger partial charge in [-0.1, -0.05) is 17.4 Å². The SMILES string of the molecule is Cc1ccc2nc(N(CCCN3CCOCC3)C(=O)c3ccco3)sc2c1.